The number of rotatable bonds is 9. The Labute approximate surface area is 187 Å². The first-order chi connectivity index (χ1) is 15.7. The zero-order valence-electron chi connectivity index (χ0n) is 16.9. The largest absolute Gasteiger partial charge is 0.493 e. The molecular formula is C20H16N4O8S. The van der Waals surface area contributed by atoms with Gasteiger partial charge in [0.1, 0.15) is 10.6 Å². The second kappa shape index (κ2) is 9.74. The highest BCUT2D eigenvalue weighted by atomic mass is 32.2. The van der Waals surface area contributed by atoms with Crippen LogP contribution in [-0.4, -0.2) is 31.6 Å². The van der Waals surface area contributed by atoms with Crippen LogP contribution in [-0.2, 0) is 10.1 Å². The molecule has 33 heavy (non-hydrogen) atoms. The number of hydrogen-bond donors (Lipinski definition) is 1. The van der Waals surface area contributed by atoms with E-state index < -0.39 is 31.3 Å². The van der Waals surface area contributed by atoms with Gasteiger partial charge in [0, 0.05) is 11.6 Å². The normalized spacial score (nSPS) is 11.2. The van der Waals surface area contributed by atoms with Crippen molar-refractivity contribution in [2.75, 3.05) is 12.5 Å². The number of anilines is 1. The van der Waals surface area contributed by atoms with E-state index in [1.54, 1.807) is 24.3 Å². The smallest absolute Gasteiger partial charge is 0.339 e. The third-order valence-corrected chi connectivity index (χ3v) is 5.47. The summed E-state index contributed by atoms with van der Waals surface area (Å²) in [7, 11) is -2.86. The number of methoxy groups -OCH3 is 1. The Hall–Kier alpha value is -4.52. The number of non-ortho nitro benzene ring substituents is 1. The molecule has 13 heteroatoms. The van der Waals surface area contributed by atoms with Crippen LogP contribution in [0.25, 0.3) is 0 Å². The molecule has 0 heterocycles. The van der Waals surface area contributed by atoms with Crippen molar-refractivity contribution in [3.8, 4) is 11.5 Å². The van der Waals surface area contributed by atoms with Gasteiger partial charge >= 0.3 is 15.8 Å². The Morgan fingerprint density at radius 2 is 1.70 bits per heavy atom. The average molecular weight is 472 g/mol. The molecule has 3 rings (SSSR count). The predicted molar refractivity (Wildman–Crippen MR) is 118 cm³/mol. The number of nitrogens with one attached hydrogen (secondary N) is 1. The van der Waals surface area contributed by atoms with Crippen molar-refractivity contribution in [1.29, 1.82) is 0 Å². The second-order valence-electron chi connectivity index (χ2n) is 6.31. The van der Waals surface area contributed by atoms with Crippen LogP contribution in [0.15, 0.2) is 76.7 Å². The molecule has 0 saturated carbocycles. The summed E-state index contributed by atoms with van der Waals surface area (Å²) in [6, 6.07) is 15.0. The van der Waals surface area contributed by atoms with Crippen LogP contribution in [0.2, 0.25) is 0 Å². The third kappa shape index (κ3) is 5.40. The molecule has 3 aromatic carbocycles. The van der Waals surface area contributed by atoms with E-state index in [2.05, 4.69) is 10.5 Å². The van der Waals surface area contributed by atoms with Crippen LogP contribution in [0, 0.1) is 20.2 Å². The number of benzene rings is 3. The lowest BCUT2D eigenvalue weighted by molar-refractivity contribution is -0.393. The minimum absolute atomic E-state index is 0.0709. The number of hydrogen-bond acceptors (Lipinski definition) is 10. The molecule has 0 amide bonds. The van der Waals surface area contributed by atoms with Crippen LogP contribution < -0.4 is 14.3 Å². The quantitative estimate of drug-likeness (QED) is 0.211. The summed E-state index contributed by atoms with van der Waals surface area (Å²) in [5, 5.41) is 26.0. The monoisotopic (exact) mass is 472 g/mol. The Balaban J connectivity index is 1.92. The van der Waals surface area contributed by atoms with Gasteiger partial charge in [0.25, 0.3) is 5.69 Å². The highest BCUT2D eigenvalue weighted by Crippen LogP contribution is 2.33. The van der Waals surface area contributed by atoms with Gasteiger partial charge in [-0.25, -0.2) is 0 Å². The van der Waals surface area contributed by atoms with Crippen molar-refractivity contribution < 1.29 is 27.2 Å². The molecule has 170 valence electrons. The van der Waals surface area contributed by atoms with Crippen LogP contribution in [0.3, 0.4) is 0 Å². The van der Waals surface area contributed by atoms with Gasteiger partial charge < -0.3 is 8.92 Å². The molecule has 0 radical (unpaired) electrons. The number of hydrazone groups is 1. The predicted octanol–water partition coefficient (Wildman–Crippen LogP) is 3.73. The molecule has 0 aliphatic rings. The van der Waals surface area contributed by atoms with Gasteiger partial charge in [-0.05, 0) is 30.3 Å². The van der Waals surface area contributed by atoms with Gasteiger partial charge in [-0.2, -0.15) is 13.5 Å². The lowest BCUT2D eigenvalue weighted by Gasteiger charge is -2.13. The first-order valence-corrected chi connectivity index (χ1v) is 10.5. The summed E-state index contributed by atoms with van der Waals surface area (Å²) in [5.74, 6) is -0.0348. The zero-order chi connectivity index (χ0) is 24.0. The van der Waals surface area contributed by atoms with E-state index in [-0.39, 0.29) is 27.6 Å². The van der Waals surface area contributed by atoms with Crippen molar-refractivity contribution in [2.24, 2.45) is 5.10 Å². The van der Waals surface area contributed by atoms with E-state index >= 15 is 0 Å². The third-order valence-electron chi connectivity index (χ3n) is 4.23. The van der Waals surface area contributed by atoms with Crippen molar-refractivity contribution in [3.05, 3.63) is 92.5 Å². The Morgan fingerprint density at radius 3 is 2.33 bits per heavy atom. The van der Waals surface area contributed by atoms with E-state index in [0.29, 0.717) is 0 Å². The van der Waals surface area contributed by atoms with E-state index in [0.717, 1.165) is 18.2 Å². The van der Waals surface area contributed by atoms with Crippen LogP contribution >= 0.6 is 0 Å². The standard InChI is InChI=1S/C20H16N4O8S/c1-31-19-9-5-6-14(20(19)32-33(29,30)16-7-3-2-4-8-16)13-21-22-17-11-10-15(23(25)26)12-18(17)24(27)28/h2-13,22H,1H3/b21-13-. The number of nitrogens with zero attached hydrogens (tertiary/aromatic N) is 3. The molecule has 0 fully saturated rings. The summed E-state index contributed by atoms with van der Waals surface area (Å²) < 4.78 is 35.8. The minimum atomic E-state index is -4.19. The topological polar surface area (TPSA) is 163 Å². The lowest BCUT2D eigenvalue weighted by Crippen LogP contribution is -2.12. The summed E-state index contributed by atoms with van der Waals surface area (Å²) in [5.41, 5.74) is 1.49. The van der Waals surface area contributed by atoms with Crippen LogP contribution in [0.1, 0.15) is 5.56 Å². The molecule has 3 aromatic rings. The number of para-hydroxylation sites is 1. The highest BCUT2D eigenvalue weighted by molar-refractivity contribution is 7.87. The fourth-order valence-electron chi connectivity index (χ4n) is 2.68. The molecule has 0 bridgehead atoms. The summed E-state index contributed by atoms with van der Waals surface area (Å²) in [4.78, 5) is 20.5. The van der Waals surface area contributed by atoms with E-state index in [9.17, 15) is 28.6 Å². The van der Waals surface area contributed by atoms with Crippen molar-refractivity contribution >= 4 is 33.4 Å². The Kier molecular flexibility index (Phi) is 6.83. The van der Waals surface area contributed by atoms with Crippen molar-refractivity contribution in [1.82, 2.24) is 0 Å². The first-order valence-electron chi connectivity index (χ1n) is 9.11. The number of nitro benzene ring substituents is 2. The second-order valence-corrected chi connectivity index (χ2v) is 7.86. The van der Waals surface area contributed by atoms with Gasteiger partial charge in [-0.3, -0.25) is 25.7 Å². The van der Waals surface area contributed by atoms with Gasteiger partial charge in [-0.15, -0.1) is 0 Å². The Bertz CT molecular complexity index is 1330. The lowest BCUT2D eigenvalue weighted by atomic mass is 10.2. The first kappa shape index (κ1) is 23.1. The molecule has 0 saturated heterocycles. The SMILES string of the molecule is COc1cccc(/C=N\Nc2ccc([N+](=O)[O-])cc2[N+](=O)[O-])c1OS(=O)(=O)c1ccccc1. The highest BCUT2D eigenvalue weighted by Gasteiger charge is 2.22. The maximum atomic E-state index is 12.7. The maximum Gasteiger partial charge on any atom is 0.339 e. The van der Waals surface area contributed by atoms with Crippen molar-refractivity contribution in [2.45, 2.75) is 4.90 Å². The minimum Gasteiger partial charge on any atom is -0.493 e. The molecule has 0 aliphatic carbocycles. The fraction of sp³-hybridized carbons (Fsp3) is 0.0500. The summed E-state index contributed by atoms with van der Waals surface area (Å²) in [6.07, 6.45) is 1.17. The van der Waals surface area contributed by atoms with E-state index in [4.69, 9.17) is 8.92 Å². The summed E-state index contributed by atoms with van der Waals surface area (Å²) >= 11 is 0. The molecule has 0 aliphatic heterocycles. The molecule has 0 aromatic heterocycles. The number of nitro groups is 2. The molecular weight excluding hydrogens is 456 g/mol. The van der Waals surface area contributed by atoms with Crippen LogP contribution in [0.4, 0.5) is 17.1 Å². The maximum absolute atomic E-state index is 12.7. The fourth-order valence-corrected chi connectivity index (χ4v) is 3.66. The molecule has 0 spiro atoms. The van der Waals surface area contributed by atoms with Crippen LogP contribution in [0.5, 0.6) is 11.5 Å². The average Bonchev–Trinajstić information content (AvgIpc) is 2.80. The van der Waals surface area contributed by atoms with E-state index in [1.807, 2.05) is 0 Å². The molecule has 1 N–H and O–H groups in total. The molecule has 12 nitrogen and oxygen atoms in total. The molecule has 0 unspecified atom stereocenters. The molecule has 0 atom stereocenters. The van der Waals surface area contributed by atoms with Gasteiger partial charge in [0.05, 0.1) is 29.2 Å². The summed E-state index contributed by atoms with van der Waals surface area (Å²) in [6.45, 7) is 0. The van der Waals surface area contributed by atoms with E-state index in [1.165, 1.54) is 37.6 Å². The van der Waals surface area contributed by atoms with Crippen molar-refractivity contribution in [3.63, 3.8) is 0 Å². The van der Waals surface area contributed by atoms with Gasteiger partial charge in [0.2, 0.25) is 0 Å². The number of ether oxygens (including phenoxy) is 1. The zero-order valence-corrected chi connectivity index (χ0v) is 17.8. The van der Waals surface area contributed by atoms with Gasteiger partial charge in [-0.1, -0.05) is 24.3 Å². The Morgan fingerprint density at radius 1 is 0.970 bits per heavy atom. The van der Waals surface area contributed by atoms with Gasteiger partial charge in [0.15, 0.2) is 11.5 Å².